The number of hydrogen-bond donors (Lipinski definition) is 3. The van der Waals surface area contributed by atoms with E-state index in [9.17, 15) is 19.7 Å². The van der Waals surface area contributed by atoms with Crippen molar-refractivity contribution >= 4 is 23.2 Å². The number of nitrogens with one attached hydrogen (secondary N) is 2. The van der Waals surface area contributed by atoms with Crippen molar-refractivity contribution < 1.29 is 19.6 Å². The Labute approximate surface area is 114 Å². The molecule has 3 N–H and O–H groups in total. The summed E-state index contributed by atoms with van der Waals surface area (Å²) in [6.45, 7) is 2.80. The number of carbonyl (C=O) groups excluding carboxylic acids is 2. The summed E-state index contributed by atoms with van der Waals surface area (Å²) in [5.41, 5.74) is 0.456. The van der Waals surface area contributed by atoms with Gasteiger partial charge in [0.1, 0.15) is 0 Å². The molecule has 8 nitrogen and oxygen atoms in total. The van der Waals surface area contributed by atoms with E-state index in [4.69, 9.17) is 5.11 Å². The second kappa shape index (κ2) is 6.62. The minimum absolute atomic E-state index is 0.146. The van der Waals surface area contributed by atoms with E-state index in [0.29, 0.717) is 5.56 Å². The van der Waals surface area contributed by atoms with Gasteiger partial charge in [0.15, 0.2) is 0 Å². The van der Waals surface area contributed by atoms with Crippen LogP contribution in [-0.2, 0) is 9.59 Å². The lowest BCUT2D eigenvalue weighted by Gasteiger charge is -2.10. The van der Waals surface area contributed by atoms with Crippen molar-refractivity contribution in [2.24, 2.45) is 0 Å². The summed E-state index contributed by atoms with van der Waals surface area (Å²) in [5, 5.41) is 24.0. The standard InChI is InChI=1S/C12H15N3O5/c1-7-3-4-9(5-10(7)15(19)20)14-12(18)11(17)13-8(2)6-16/h3-5,8,16H,6H2,1-2H3,(H,13,17)(H,14,18). The molecule has 0 aliphatic carbocycles. The highest BCUT2D eigenvalue weighted by Crippen LogP contribution is 2.22. The first-order valence-electron chi connectivity index (χ1n) is 5.83. The Balaban J connectivity index is 2.78. The van der Waals surface area contributed by atoms with Crippen molar-refractivity contribution in [3.05, 3.63) is 33.9 Å². The van der Waals surface area contributed by atoms with Gasteiger partial charge in [-0.25, -0.2) is 0 Å². The summed E-state index contributed by atoms with van der Waals surface area (Å²) < 4.78 is 0. The first-order valence-corrected chi connectivity index (χ1v) is 5.83. The van der Waals surface area contributed by atoms with Gasteiger partial charge in [-0.15, -0.1) is 0 Å². The normalized spacial score (nSPS) is 11.6. The number of hydrogen-bond acceptors (Lipinski definition) is 5. The monoisotopic (exact) mass is 281 g/mol. The lowest BCUT2D eigenvalue weighted by atomic mass is 10.2. The minimum atomic E-state index is -0.955. The molecule has 1 unspecified atom stereocenters. The fourth-order valence-electron chi connectivity index (χ4n) is 1.41. The number of aliphatic hydroxyl groups excluding tert-OH is 1. The van der Waals surface area contributed by atoms with Gasteiger partial charge in [-0.2, -0.15) is 0 Å². The molecule has 1 atom stereocenters. The number of carbonyl (C=O) groups is 2. The molecule has 0 aliphatic rings. The van der Waals surface area contributed by atoms with E-state index in [1.165, 1.54) is 25.1 Å². The molecule has 0 fully saturated rings. The van der Waals surface area contributed by atoms with Crippen LogP contribution in [0, 0.1) is 17.0 Å². The first kappa shape index (κ1) is 15.6. The lowest BCUT2D eigenvalue weighted by Crippen LogP contribution is -2.42. The maximum absolute atomic E-state index is 11.6. The summed E-state index contributed by atoms with van der Waals surface area (Å²) in [5.74, 6) is -1.88. The predicted octanol–water partition coefficient (Wildman–Crippen LogP) is 0.339. The van der Waals surface area contributed by atoms with Gasteiger partial charge in [0.2, 0.25) is 0 Å². The van der Waals surface area contributed by atoms with Gasteiger partial charge in [0, 0.05) is 23.4 Å². The molecule has 0 heterocycles. The van der Waals surface area contributed by atoms with Crippen LogP contribution in [-0.4, -0.2) is 34.5 Å². The molecule has 1 aromatic carbocycles. The Morgan fingerprint density at radius 3 is 2.60 bits per heavy atom. The quantitative estimate of drug-likeness (QED) is 0.417. The maximum Gasteiger partial charge on any atom is 0.313 e. The molecular formula is C12H15N3O5. The largest absolute Gasteiger partial charge is 0.394 e. The van der Waals surface area contributed by atoms with Crippen molar-refractivity contribution in [1.29, 1.82) is 0 Å². The van der Waals surface area contributed by atoms with Gasteiger partial charge >= 0.3 is 11.8 Å². The summed E-state index contributed by atoms with van der Waals surface area (Å²) in [4.78, 5) is 33.2. The summed E-state index contributed by atoms with van der Waals surface area (Å²) >= 11 is 0. The highest BCUT2D eigenvalue weighted by atomic mass is 16.6. The zero-order valence-electron chi connectivity index (χ0n) is 11.0. The van der Waals surface area contributed by atoms with Gasteiger partial charge in [0.25, 0.3) is 5.69 Å². The van der Waals surface area contributed by atoms with E-state index in [1.807, 2.05) is 0 Å². The summed E-state index contributed by atoms with van der Waals surface area (Å²) in [6, 6.07) is 3.56. The van der Waals surface area contributed by atoms with E-state index in [-0.39, 0.29) is 18.0 Å². The molecule has 8 heteroatoms. The number of benzene rings is 1. The molecule has 0 saturated heterocycles. The first-order chi connectivity index (χ1) is 9.35. The van der Waals surface area contributed by atoms with Gasteiger partial charge < -0.3 is 15.7 Å². The second-order valence-corrected chi connectivity index (χ2v) is 4.27. The van der Waals surface area contributed by atoms with Crippen LogP contribution < -0.4 is 10.6 Å². The zero-order chi connectivity index (χ0) is 15.3. The lowest BCUT2D eigenvalue weighted by molar-refractivity contribution is -0.385. The van der Waals surface area contributed by atoms with E-state index in [1.54, 1.807) is 6.92 Å². The number of anilines is 1. The van der Waals surface area contributed by atoms with E-state index in [0.717, 1.165) is 0 Å². The van der Waals surface area contributed by atoms with Crippen molar-refractivity contribution in [2.75, 3.05) is 11.9 Å². The number of amides is 2. The Hall–Kier alpha value is -2.48. The number of aryl methyl sites for hydroxylation is 1. The molecule has 0 aliphatic heterocycles. The highest BCUT2D eigenvalue weighted by Gasteiger charge is 2.17. The molecule has 0 bridgehead atoms. The molecule has 0 aromatic heterocycles. The molecule has 0 radical (unpaired) electrons. The molecule has 108 valence electrons. The second-order valence-electron chi connectivity index (χ2n) is 4.27. The van der Waals surface area contributed by atoms with Crippen LogP contribution in [0.15, 0.2) is 18.2 Å². The average Bonchev–Trinajstić information content (AvgIpc) is 2.40. The Bertz CT molecular complexity index is 544. The number of nitrogens with zero attached hydrogens (tertiary/aromatic N) is 1. The van der Waals surface area contributed by atoms with Crippen LogP contribution in [0.5, 0.6) is 0 Å². The molecular weight excluding hydrogens is 266 g/mol. The fraction of sp³-hybridized carbons (Fsp3) is 0.333. The van der Waals surface area contributed by atoms with Crippen molar-refractivity contribution in [1.82, 2.24) is 5.32 Å². The number of nitro groups is 1. The topological polar surface area (TPSA) is 122 Å². The third kappa shape index (κ3) is 4.02. The number of aliphatic hydroxyl groups is 1. The Morgan fingerprint density at radius 1 is 1.40 bits per heavy atom. The van der Waals surface area contributed by atoms with Crippen LogP contribution >= 0.6 is 0 Å². The molecule has 2 amide bonds. The zero-order valence-corrected chi connectivity index (χ0v) is 11.0. The third-order valence-electron chi connectivity index (χ3n) is 2.52. The number of nitro benzene ring substituents is 1. The number of rotatable bonds is 4. The Morgan fingerprint density at radius 2 is 2.05 bits per heavy atom. The van der Waals surface area contributed by atoms with Crippen LogP contribution in [0.1, 0.15) is 12.5 Å². The summed E-state index contributed by atoms with van der Waals surface area (Å²) in [7, 11) is 0. The van der Waals surface area contributed by atoms with Gasteiger partial charge in [-0.05, 0) is 19.9 Å². The third-order valence-corrected chi connectivity index (χ3v) is 2.52. The van der Waals surface area contributed by atoms with Crippen LogP contribution in [0.3, 0.4) is 0 Å². The van der Waals surface area contributed by atoms with Crippen LogP contribution in [0.25, 0.3) is 0 Å². The van der Waals surface area contributed by atoms with Crippen LogP contribution in [0.4, 0.5) is 11.4 Å². The predicted molar refractivity (Wildman–Crippen MR) is 71.2 cm³/mol. The molecule has 1 rings (SSSR count). The van der Waals surface area contributed by atoms with Crippen molar-refractivity contribution in [3.8, 4) is 0 Å². The smallest absolute Gasteiger partial charge is 0.313 e. The molecule has 0 spiro atoms. The molecule has 0 saturated carbocycles. The van der Waals surface area contributed by atoms with Gasteiger partial charge in [0.05, 0.1) is 11.5 Å². The van der Waals surface area contributed by atoms with Crippen molar-refractivity contribution in [3.63, 3.8) is 0 Å². The van der Waals surface area contributed by atoms with E-state index in [2.05, 4.69) is 10.6 Å². The van der Waals surface area contributed by atoms with Gasteiger partial charge in [-0.1, -0.05) is 6.07 Å². The molecule has 20 heavy (non-hydrogen) atoms. The summed E-state index contributed by atoms with van der Waals surface area (Å²) in [6.07, 6.45) is 0. The maximum atomic E-state index is 11.6. The van der Waals surface area contributed by atoms with Crippen LogP contribution in [0.2, 0.25) is 0 Å². The van der Waals surface area contributed by atoms with Crippen molar-refractivity contribution in [2.45, 2.75) is 19.9 Å². The minimum Gasteiger partial charge on any atom is -0.394 e. The highest BCUT2D eigenvalue weighted by molar-refractivity contribution is 6.39. The molecule has 1 aromatic rings. The fourth-order valence-corrected chi connectivity index (χ4v) is 1.41. The average molecular weight is 281 g/mol. The van der Waals surface area contributed by atoms with Gasteiger partial charge in [-0.3, -0.25) is 19.7 Å². The van der Waals surface area contributed by atoms with E-state index >= 15 is 0 Å². The SMILES string of the molecule is Cc1ccc(NC(=O)C(=O)NC(C)CO)cc1[N+](=O)[O-]. The van der Waals surface area contributed by atoms with E-state index < -0.39 is 22.8 Å². The Kier molecular flexibility index (Phi) is 5.15.